The summed E-state index contributed by atoms with van der Waals surface area (Å²) in [5.74, 6) is 0. The van der Waals surface area contributed by atoms with Crippen molar-refractivity contribution in [3.63, 3.8) is 0 Å². The van der Waals surface area contributed by atoms with E-state index in [1.807, 2.05) is 0 Å². The quantitative estimate of drug-likeness (QED) is 0.167. The molecule has 4 heteroatoms. The van der Waals surface area contributed by atoms with Crippen molar-refractivity contribution < 1.29 is 20.4 Å². The fourth-order valence-electron chi connectivity index (χ4n) is 2.30. The van der Waals surface area contributed by atoms with Gasteiger partial charge in [-0.1, -0.05) is 158 Å². The third-order valence-electron chi connectivity index (χ3n) is 5.17. The van der Waals surface area contributed by atoms with E-state index in [0.29, 0.717) is 0 Å². The summed E-state index contributed by atoms with van der Waals surface area (Å²) in [6.07, 6.45) is 22.1. The maximum absolute atomic E-state index is 8.50. The second-order valence-corrected chi connectivity index (χ2v) is 8.96. The summed E-state index contributed by atoms with van der Waals surface area (Å²) >= 11 is 0. The van der Waals surface area contributed by atoms with E-state index in [2.05, 4.69) is 55.4 Å². The van der Waals surface area contributed by atoms with Gasteiger partial charge in [-0.2, -0.15) is 0 Å². The van der Waals surface area contributed by atoms with Crippen LogP contribution in [0.4, 0.5) is 0 Å². The summed E-state index contributed by atoms with van der Waals surface area (Å²) in [6.45, 7) is 16.2. The lowest BCUT2D eigenvalue weighted by Gasteiger charge is -2.23. The zero-order valence-corrected chi connectivity index (χ0v) is 24.4. The van der Waals surface area contributed by atoms with E-state index in [4.69, 9.17) is 20.4 Å². The Morgan fingerprint density at radius 3 is 0.455 bits per heavy atom. The maximum Gasteiger partial charge on any atom is 0.0627 e. The molecular formula is C29H68O4. The molecule has 0 fully saturated rings. The van der Waals surface area contributed by atoms with Crippen molar-refractivity contribution in [2.45, 2.75) is 158 Å². The number of unbranched alkanes of at least 4 members (excludes halogenated alkanes) is 12. The minimum absolute atomic E-state index is 0.406. The molecule has 0 aliphatic carbocycles. The molecule has 0 spiro atoms. The van der Waals surface area contributed by atoms with Crippen molar-refractivity contribution in [1.82, 2.24) is 0 Å². The highest BCUT2D eigenvalue weighted by Gasteiger charge is 2.26. The summed E-state index contributed by atoms with van der Waals surface area (Å²) in [5.41, 5.74) is -1.11. The molecule has 0 aromatic rings. The van der Waals surface area contributed by atoms with Gasteiger partial charge in [0.25, 0.3) is 0 Å². The van der Waals surface area contributed by atoms with Gasteiger partial charge in [-0.25, -0.2) is 0 Å². The van der Waals surface area contributed by atoms with Crippen molar-refractivity contribution in [3.05, 3.63) is 0 Å². The fraction of sp³-hybridized carbons (Fsp3) is 1.00. The molecule has 0 bridgehead atoms. The van der Waals surface area contributed by atoms with Crippen LogP contribution in [0.5, 0.6) is 0 Å². The van der Waals surface area contributed by atoms with Crippen molar-refractivity contribution >= 4 is 0 Å². The minimum atomic E-state index is -1.11. The molecule has 0 saturated carbocycles. The van der Waals surface area contributed by atoms with E-state index in [1.165, 1.54) is 103 Å². The van der Waals surface area contributed by atoms with Gasteiger partial charge >= 0.3 is 0 Å². The Morgan fingerprint density at radius 2 is 0.424 bits per heavy atom. The lowest BCUT2D eigenvalue weighted by Crippen LogP contribution is -2.37. The third kappa shape index (κ3) is 49.9. The van der Waals surface area contributed by atoms with Crippen molar-refractivity contribution in [2.24, 2.45) is 5.41 Å². The predicted octanol–water partition coefficient (Wildman–Crippen LogP) is 8.29. The SMILES string of the molecule is CCCCCC.CCCCCC.CCCCCC.CCCCCC.OCC(CO)(CO)CO. The maximum atomic E-state index is 8.50. The first kappa shape index (κ1) is 43.0. The van der Waals surface area contributed by atoms with Crippen LogP contribution in [0.15, 0.2) is 0 Å². The Balaban J connectivity index is -0.000000100. The highest BCUT2D eigenvalue weighted by Crippen LogP contribution is 2.11. The fourth-order valence-corrected chi connectivity index (χ4v) is 2.30. The number of aliphatic hydroxyl groups is 4. The molecule has 0 aromatic carbocycles. The number of aliphatic hydroxyl groups excluding tert-OH is 4. The number of hydrogen-bond acceptors (Lipinski definition) is 4. The van der Waals surface area contributed by atoms with Crippen LogP contribution in [0.1, 0.15) is 158 Å². The van der Waals surface area contributed by atoms with Gasteiger partial charge in [-0.3, -0.25) is 0 Å². The van der Waals surface area contributed by atoms with Gasteiger partial charge in [0.1, 0.15) is 0 Å². The van der Waals surface area contributed by atoms with Crippen LogP contribution in [0.3, 0.4) is 0 Å². The third-order valence-corrected chi connectivity index (χ3v) is 5.17. The van der Waals surface area contributed by atoms with E-state index >= 15 is 0 Å². The molecule has 0 amide bonds. The Bertz CT molecular complexity index is 190. The van der Waals surface area contributed by atoms with Gasteiger partial charge in [0.2, 0.25) is 0 Å². The van der Waals surface area contributed by atoms with E-state index in [9.17, 15) is 0 Å². The van der Waals surface area contributed by atoms with Gasteiger partial charge < -0.3 is 20.4 Å². The van der Waals surface area contributed by atoms with Crippen LogP contribution in [0, 0.1) is 5.41 Å². The Labute approximate surface area is 210 Å². The monoisotopic (exact) mass is 481 g/mol. The van der Waals surface area contributed by atoms with Gasteiger partial charge in [-0.05, 0) is 0 Å². The molecule has 0 rings (SSSR count). The van der Waals surface area contributed by atoms with Crippen LogP contribution in [-0.2, 0) is 0 Å². The lowest BCUT2D eigenvalue weighted by molar-refractivity contribution is -0.0328. The van der Waals surface area contributed by atoms with Gasteiger partial charge in [0.15, 0.2) is 0 Å². The first-order chi connectivity index (χ1) is 15.9. The topological polar surface area (TPSA) is 80.9 Å². The molecule has 0 saturated heterocycles. The summed E-state index contributed by atoms with van der Waals surface area (Å²) in [6, 6.07) is 0. The van der Waals surface area contributed by atoms with Gasteiger partial charge in [-0.15, -0.1) is 0 Å². The lowest BCUT2D eigenvalue weighted by atomic mass is 9.93. The van der Waals surface area contributed by atoms with Crippen LogP contribution in [0.2, 0.25) is 0 Å². The van der Waals surface area contributed by atoms with Crippen LogP contribution < -0.4 is 0 Å². The largest absolute Gasteiger partial charge is 0.396 e. The van der Waals surface area contributed by atoms with E-state index in [1.54, 1.807) is 0 Å². The molecule has 4 nitrogen and oxygen atoms in total. The standard InChI is InChI=1S/4C6H14.C5H12O4/c4*1-3-5-6-4-2;6-1-5(2-7,3-8)4-9/h4*3-6H2,1-2H3;6-9H,1-4H2. The molecule has 0 aliphatic heterocycles. The summed E-state index contributed by atoms with van der Waals surface area (Å²) in [4.78, 5) is 0. The predicted molar refractivity (Wildman–Crippen MR) is 150 cm³/mol. The molecular weight excluding hydrogens is 412 g/mol. The Hall–Kier alpha value is -0.160. The smallest absolute Gasteiger partial charge is 0.0627 e. The normalized spacial score (nSPS) is 9.82. The zero-order valence-electron chi connectivity index (χ0n) is 24.4. The average Bonchev–Trinajstić information content (AvgIpc) is 2.87. The van der Waals surface area contributed by atoms with Gasteiger partial charge in [0.05, 0.1) is 31.8 Å². The van der Waals surface area contributed by atoms with Crippen LogP contribution >= 0.6 is 0 Å². The van der Waals surface area contributed by atoms with E-state index in [-0.39, 0.29) is 0 Å². The van der Waals surface area contributed by atoms with Crippen molar-refractivity contribution in [1.29, 1.82) is 0 Å². The first-order valence-electron chi connectivity index (χ1n) is 14.3. The Kier molecular flexibility index (Phi) is 59.0. The molecule has 0 atom stereocenters. The molecule has 0 heterocycles. The molecule has 4 N–H and O–H groups in total. The van der Waals surface area contributed by atoms with Crippen LogP contribution in [-0.4, -0.2) is 46.9 Å². The van der Waals surface area contributed by atoms with E-state index in [0.717, 1.165) is 0 Å². The van der Waals surface area contributed by atoms with E-state index < -0.39 is 31.8 Å². The Morgan fingerprint density at radius 1 is 0.303 bits per heavy atom. The second-order valence-electron chi connectivity index (χ2n) is 8.96. The summed E-state index contributed by atoms with van der Waals surface area (Å²) < 4.78 is 0. The van der Waals surface area contributed by atoms with Crippen molar-refractivity contribution in [2.75, 3.05) is 26.4 Å². The molecule has 0 unspecified atom stereocenters. The summed E-state index contributed by atoms with van der Waals surface area (Å²) in [5, 5.41) is 34.0. The van der Waals surface area contributed by atoms with Crippen LogP contribution in [0.25, 0.3) is 0 Å². The minimum Gasteiger partial charge on any atom is -0.396 e. The second kappa shape index (κ2) is 45.4. The summed E-state index contributed by atoms with van der Waals surface area (Å²) in [7, 11) is 0. The molecule has 0 radical (unpaired) electrons. The molecule has 208 valence electrons. The van der Waals surface area contributed by atoms with Crippen molar-refractivity contribution in [3.8, 4) is 0 Å². The highest BCUT2D eigenvalue weighted by molar-refractivity contribution is 4.74. The number of hydrogen-bond donors (Lipinski definition) is 4. The zero-order chi connectivity index (χ0) is 26.6. The first-order valence-corrected chi connectivity index (χ1v) is 14.3. The molecule has 0 aliphatic rings. The number of rotatable bonds is 16. The van der Waals surface area contributed by atoms with Gasteiger partial charge in [0, 0.05) is 0 Å². The average molecular weight is 481 g/mol. The molecule has 33 heavy (non-hydrogen) atoms. The molecule has 0 aromatic heterocycles. The highest BCUT2D eigenvalue weighted by atomic mass is 16.3.